The summed E-state index contributed by atoms with van der Waals surface area (Å²) in [5, 5.41) is 12.5. The molecule has 0 spiro atoms. The molecule has 0 radical (unpaired) electrons. The van der Waals surface area contributed by atoms with Gasteiger partial charge in [0.1, 0.15) is 0 Å². The van der Waals surface area contributed by atoms with Gasteiger partial charge >= 0.3 is 12.1 Å². The van der Waals surface area contributed by atoms with Crippen molar-refractivity contribution >= 4 is 12.1 Å². The fourth-order valence-corrected chi connectivity index (χ4v) is 2.56. The van der Waals surface area contributed by atoms with Gasteiger partial charge in [-0.25, -0.2) is 4.79 Å². The number of aliphatic carboxylic acids is 1. The number of carboxylic acid groups (broad SMARTS) is 1. The molecule has 1 aliphatic rings. The zero-order chi connectivity index (χ0) is 15.2. The van der Waals surface area contributed by atoms with Gasteiger partial charge in [0.25, 0.3) is 0 Å². The highest BCUT2D eigenvalue weighted by Gasteiger charge is 2.33. The van der Waals surface area contributed by atoms with Crippen molar-refractivity contribution in [1.29, 1.82) is 0 Å². The van der Waals surface area contributed by atoms with Crippen LogP contribution in [0.4, 0.5) is 4.79 Å². The fraction of sp³-hybridized carbons (Fsp3) is 0.467. The van der Waals surface area contributed by atoms with Crippen LogP contribution in [0.25, 0.3) is 0 Å². The van der Waals surface area contributed by atoms with Gasteiger partial charge in [-0.05, 0) is 12.0 Å². The van der Waals surface area contributed by atoms with Crippen LogP contribution in [0.1, 0.15) is 12.0 Å². The first-order chi connectivity index (χ1) is 10.1. The number of hydrogen-bond donors (Lipinski definition) is 2. The molecule has 2 rings (SSSR count). The van der Waals surface area contributed by atoms with Gasteiger partial charge in [-0.15, -0.1) is 0 Å². The van der Waals surface area contributed by atoms with Gasteiger partial charge in [-0.3, -0.25) is 4.79 Å². The Bertz CT molecular complexity index is 492. The second-order valence-corrected chi connectivity index (χ2v) is 5.21. The topological polar surface area (TPSA) is 78.9 Å². The first-order valence-corrected chi connectivity index (χ1v) is 6.93. The van der Waals surface area contributed by atoms with Crippen LogP contribution in [0.15, 0.2) is 30.3 Å². The number of ether oxygens (including phenoxy) is 1. The molecule has 1 saturated heterocycles. The molecule has 6 nitrogen and oxygen atoms in total. The number of amides is 1. The van der Waals surface area contributed by atoms with E-state index in [1.807, 2.05) is 30.3 Å². The summed E-state index contributed by atoms with van der Waals surface area (Å²) in [5.41, 5.74) is 1.12. The number of piperidine rings is 1. The van der Waals surface area contributed by atoms with Gasteiger partial charge < -0.3 is 20.1 Å². The predicted molar refractivity (Wildman–Crippen MR) is 76.8 cm³/mol. The largest absolute Gasteiger partial charge is 0.481 e. The molecule has 6 heteroatoms. The minimum absolute atomic E-state index is 0.0563. The minimum Gasteiger partial charge on any atom is -0.481 e. The van der Waals surface area contributed by atoms with Crippen LogP contribution in [0.5, 0.6) is 0 Å². The Morgan fingerprint density at radius 1 is 1.33 bits per heavy atom. The molecule has 0 aromatic heterocycles. The maximum atomic E-state index is 11.6. The maximum absolute atomic E-state index is 11.6. The zero-order valence-electron chi connectivity index (χ0n) is 12.0. The van der Waals surface area contributed by atoms with Crippen LogP contribution >= 0.6 is 0 Å². The van der Waals surface area contributed by atoms with E-state index in [1.165, 1.54) is 12.0 Å². The Hall–Kier alpha value is -2.08. The van der Waals surface area contributed by atoms with Crippen LogP contribution in [0.2, 0.25) is 0 Å². The molecule has 0 bridgehead atoms. The molecule has 1 fully saturated rings. The Kier molecular flexibility index (Phi) is 5.16. The van der Waals surface area contributed by atoms with Crippen LogP contribution in [-0.4, -0.2) is 48.3 Å². The van der Waals surface area contributed by atoms with E-state index in [4.69, 9.17) is 4.74 Å². The summed E-state index contributed by atoms with van der Waals surface area (Å²) < 4.78 is 4.70. The fourth-order valence-electron chi connectivity index (χ4n) is 2.56. The number of benzene rings is 1. The SMILES string of the molecule is COC(=O)N1CC(NCc2ccccc2)CC(C(=O)O)C1. The normalized spacial score (nSPS) is 21.9. The van der Waals surface area contributed by atoms with E-state index < -0.39 is 18.0 Å². The highest BCUT2D eigenvalue weighted by molar-refractivity contribution is 5.73. The van der Waals surface area contributed by atoms with Gasteiger partial charge in [-0.1, -0.05) is 30.3 Å². The van der Waals surface area contributed by atoms with Crippen LogP contribution in [0.3, 0.4) is 0 Å². The second kappa shape index (κ2) is 7.08. The zero-order valence-corrected chi connectivity index (χ0v) is 12.0. The van der Waals surface area contributed by atoms with Gasteiger partial charge in [-0.2, -0.15) is 0 Å². The number of carbonyl (C=O) groups is 2. The Labute approximate surface area is 123 Å². The molecule has 2 atom stereocenters. The second-order valence-electron chi connectivity index (χ2n) is 5.21. The number of likely N-dealkylation sites (tertiary alicyclic amines) is 1. The third-order valence-corrected chi connectivity index (χ3v) is 3.67. The summed E-state index contributed by atoms with van der Waals surface area (Å²) in [7, 11) is 1.30. The molecule has 1 aliphatic heterocycles. The molecule has 114 valence electrons. The summed E-state index contributed by atoms with van der Waals surface area (Å²) in [6.45, 7) is 1.31. The summed E-state index contributed by atoms with van der Waals surface area (Å²) in [6.07, 6.45) is 0.0304. The van der Waals surface area contributed by atoms with Crippen molar-refractivity contribution in [3.05, 3.63) is 35.9 Å². The first kappa shape index (κ1) is 15.3. The van der Waals surface area contributed by atoms with Gasteiger partial charge in [0, 0.05) is 25.7 Å². The van der Waals surface area contributed by atoms with Crippen LogP contribution in [0, 0.1) is 5.92 Å². The smallest absolute Gasteiger partial charge is 0.409 e. The minimum atomic E-state index is -0.880. The van der Waals surface area contributed by atoms with Crippen molar-refractivity contribution in [2.75, 3.05) is 20.2 Å². The number of rotatable bonds is 4. The quantitative estimate of drug-likeness (QED) is 0.875. The summed E-state index contributed by atoms with van der Waals surface area (Å²) in [4.78, 5) is 24.3. The lowest BCUT2D eigenvalue weighted by molar-refractivity contribution is -0.143. The number of hydrogen-bond acceptors (Lipinski definition) is 4. The first-order valence-electron chi connectivity index (χ1n) is 6.93. The van der Waals surface area contributed by atoms with Crippen LogP contribution in [-0.2, 0) is 16.1 Å². The van der Waals surface area contributed by atoms with Gasteiger partial charge in [0.2, 0.25) is 0 Å². The highest BCUT2D eigenvalue weighted by Crippen LogP contribution is 2.18. The van der Waals surface area contributed by atoms with E-state index >= 15 is 0 Å². The molecule has 1 aromatic carbocycles. The highest BCUT2D eigenvalue weighted by atomic mass is 16.5. The van der Waals surface area contributed by atoms with E-state index in [2.05, 4.69) is 5.32 Å². The van der Waals surface area contributed by atoms with E-state index in [0.29, 0.717) is 19.5 Å². The summed E-state index contributed by atoms with van der Waals surface area (Å²) in [5.74, 6) is -1.44. The van der Waals surface area contributed by atoms with E-state index in [9.17, 15) is 14.7 Å². The number of nitrogens with one attached hydrogen (secondary N) is 1. The lowest BCUT2D eigenvalue weighted by atomic mass is 9.94. The average molecular weight is 292 g/mol. The lowest BCUT2D eigenvalue weighted by Gasteiger charge is -2.35. The van der Waals surface area contributed by atoms with E-state index in [0.717, 1.165) is 5.56 Å². The Morgan fingerprint density at radius 3 is 2.67 bits per heavy atom. The van der Waals surface area contributed by atoms with Gasteiger partial charge in [0.15, 0.2) is 0 Å². The third kappa shape index (κ3) is 4.19. The lowest BCUT2D eigenvalue weighted by Crippen LogP contribution is -2.52. The number of methoxy groups -OCH3 is 1. The standard InChI is InChI=1S/C15H20N2O4/c1-21-15(20)17-9-12(14(18)19)7-13(10-17)16-8-11-5-3-2-4-6-11/h2-6,12-13,16H,7-10H2,1H3,(H,18,19). The predicted octanol–water partition coefficient (Wildman–Crippen LogP) is 1.32. The summed E-state index contributed by atoms with van der Waals surface area (Å²) in [6, 6.07) is 9.81. The van der Waals surface area contributed by atoms with Crippen molar-refractivity contribution < 1.29 is 19.4 Å². The molecule has 21 heavy (non-hydrogen) atoms. The van der Waals surface area contributed by atoms with E-state index in [-0.39, 0.29) is 12.6 Å². The Morgan fingerprint density at radius 2 is 2.05 bits per heavy atom. The monoisotopic (exact) mass is 292 g/mol. The van der Waals surface area contributed by atoms with E-state index in [1.54, 1.807) is 0 Å². The molecule has 2 unspecified atom stereocenters. The summed E-state index contributed by atoms with van der Waals surface area (Å²) >= 11 is 0. The van der Waals surface area contributed by atoms with Crippen molar-refractivity contribution in [2.45, 2.75) is 19.0 Å². The molecule has 2 N–H and O–H groups in total. The van der Waals surface area contributed by atoms with Crippen molar-refractivity contribution in [1.82, 2.24) is 10.2 Å². The maximum Gasteiger partial charge on any atom is 0.409 e. The molecule has 1 amide bonds. The molecule has 1 heterocycles. The molecule has 0 saturated carbocycles. The number of nitrogens with zero attached hydrogens (tertiary/aromatic N) is 1. The van der Waals surface area contributed by atoms with Crippen molar-refractivity contribution in [2.24, 2.45) is 5.92 Å². The Balaban J connectivity index is 1.97. The molecule has 1 aromatic rings. The number of carbonyl (C=O) groups excluding carboxylic acids is 1. The molecular formula is C15H20N2O4. The van der Waals surface area contributed by atoms with Crippen LogP contribution < -0.4 is 5.32 Å². The average Bonchev–Trinajstić information content (AvgIpc) is 2.52. The molecular weight excluding hydrogens is 272 g/mol. The van der Waals surface area contributed by atoms with Crippen molar-refractivity contribution in [3.63, 3.8) is 0 Å². The molecule has 0 aliphatic carbocycles. The third-order valence-electron chi connectivity index (χ3n) is 3.67. The number of carboxylic acids is 1. The van der Waals surface area contributed by atoms with Crippen molar-refractivity contribution in [3.8, 4) is 0 Å². The van der Waals surface area contributed by atoms with Gasteiger partial charge in [0.05, 0.1) is 13.0 Å².